The average molecular weight is 472 g/mol. The van der Waals surface area contributed by atoms with Crippen molar-refractivity contribution in [1.82, 2.24) is 15.3 Å². The van der Waals surface area contributed by atoms with Gasteiger partial charge >= 0.3 is 0 Å². The molecule has 0 spiro atoms. The van der Waals surface area contributed by atoms with Crippen molar-refractivity contribution < 1.29 is 23.7 Å². The van der Waals surface area contributed by atoms with Gasteiger partial charge in [0, 0.05) is 35.5 Å². The molecule has 0 saturated heterocycles. The lowest BCUT2D eigenvalue weighted by atomic mass is 10.1. The fraction of sp³-hybridized carbons (Fsp3) is 0.148. The van der Waals surface area contributed by atoms with E-state index >= 15 is 0 Å². The molecule has 4 rings (SSSR count). The van der Waals surface area contributed by atoms with Gasteiger partial charge in [0.2, 0.25) is 5.88 Å². The fourth-order valence-corrected chi connectivity index (χ4v) is 3.42. The molecule has 35 heavy (non-hydrogen) atoms. The van der Waals surface area contributed by atoms with E-state index in [1.165, 1.54) is 0 Å². The van der Waals surface area contributed by atoms with Gasteiger partial charge in [-0.1, -0.05) is 24.3 Å². The number of hydrogen-bond acceptors (Lipinski definition) is 7. The Kier molecular flexibility index (Phi) is 7.42. The van der Waals surface area contributed by atoms with Crippen LogP contribution >= 0.6 is 0 Å². The van der Waals surface area contributed by atoms with Gasteiger partial charge in [0.25, 0.3) is 5.91 Å². The number of rotatable bonds is 9. The first kappa shape index (κ1) is 23.6. The topological polar surface area (TPSA) is 91.8 Å². The van der Waals surface area contributed by atoms with Crippen LogP contribution in [0.1, 0.15) is 15.9 Å². The quantitative estimate of drug-likeness (QED) is 0.372. The van der Waals surface area contributed by atoms with Crippen LogP contribution in [0.25, 0.3) is 11.4 Å². The molecule has 1 heterocycles. The molecule has 0 fully saturated rings. The Hall–Kier alpha value is -4.59. The lowest BCUT2D eigenvalue weighted by molar-refractivity contribution is 0.0950. The van der Waals surface area contributed by atoms with Crippen LogP contribution in [-0.2, 0) is 6.54 Å². The van der Waals surface area contributed by atoms with Gasteiger partial charge in [0.1, 0.15) is 11.5 Å². The van der Waals surface area contributed by atoms with Crippen LogP contribution in [0.4, 0.5) is 0 Å². The highest BCUT2D eigenvalue weighted by Crippen LogP contribution is 2.30. The molecule has 4 aromatic rings. The number of amides is 1. The molecule has 0 aliphatic carbocycles. The fourth-order valence-electron chi connectivity index (χ4n) is 3.42. The number of benzene rings is 3. The maximum Gasteiger partial charge on any atom is 0.251 e. The van der Waals surface area contributed by atoms with Gasteiger partial charge in [-0.05, 0) is 42.5 Å². The normalized spacial score (nSPS) is 10.4. The molecule has 0 aliphatic heterocycles. The Morgan fingerprint density at radius 2 is 1.57 bits per heavy atom. The summed E-state index contributed by atoms with van der Waals surface area (Å²) < 4.78 is 21.8. The summed E-state index contributed by atoms with van der Waals surface area (Å²) in [7, 11) is 4.76. The Morgan fingerprint density at radius 3 is 2.29 bits per heavy atom. The van der Waals surface area contributed by atoms with Crippen LogP contribution in [-0.4, -0.2) is 37.2 Å². The molecule has 0 radical (unpaired) electrons. The summed E-state index contributed by atoms with van der Waals surface area (Å²) in [6.07, 6.45) is 1.62. The van der Waals surface area contributed by atoms with E-state index in [-0.39, 0.29) is 5.91 Å². The van der Waals surface area contributed by atoms with Crippen molar-refractivity contribution >= 4 is 5.91 Å². The number of nitrogens with one attached hydrogen (secondary N) is 1. The SMILES string of the molecule is COc1ccc(OC)c(CNC(=O)c2ccc(-c3nccc(Oc4ccccc4OC)n3)cc2)c1. The Bertz CT molecular complexity index is 1310. The van der Waals surface area contributed by atoms with Gasteiger partial charge < -0.3 is 24.3 Å². The number of carbonyl (C=O) groups is 1. The van der Waals surface area contributed by atoms with Crippen molar-refractivity contribution in [2.75, 3.05) is 21.3 Å². The summed E-state index contributed by atoms with van der Waals surface area (Å²) in [5.41, 5.74) is 2.08. The number of nitrogens with zero attached hydrogens (tertiary/aromatic N) is 2. The highest BCUT2D eigenvalue weighted by Gasteiger charge is 2.11. The molecule has 8 heteroatoms. The number of methoxy groups -OCH3 is 3. The maximum absolute atomic E-state index is 12.7. The van der Waals surface area contributed by atoms with Crippen molar-refractivity contribution in [3.05, 3.63) is 90.1 Å². The van der Waals surface area contributed by atoms with Crippen LogP contribution in [0.5, 0.6) is 28.9 Å². The second-order valence-corrected chi connectivity index (χ2v) is 7.41. The third kappa shape index (κ3) is 5.67. The minimum atomic E-state index is -0.212. The lowest BCUT2D eigenvalue weighted by Crippen LogP contribution is -2.23. The zero-order chi connectivity index (χ0) is 24.6. The molecule has 3 aromatic carbocycles. The van der Waals surface area contributed by atoms with E-state index in [4.69, 9.17) is 18.9 Å². The summed E-state index contributed by atoms with van der Waals surface area (Å²) in [4.78, 5) is 21.5. The Labute approximate surface area is 203 Å². The zero-order valence-corrected chi connectivity index (χ0v) is 19.6. The molecule has 0 bridgehead atoms. The third-order valence-electron chi connectivity index (χ3n) is 5.25. The van der Waals surface area contributed by atoms with Gasteiger partial charge in [-0.25, -0.2) is 4.98 Å². The van der Waals surface area contributed by atoms with E-state index in [1.807, 2.05) is 24.3 Å². The summed E-state index contributed by atoms with van der Waals surface area (Å²) in [5.74, 6) is 3.17. The monoisotopic (exact) mass is 471 g/mol. The van der Waals surface area contributed by atoms with Crippen LogP contribution in [0.15, 0.2) is 79.0 Å². The molecule has 8 nitrogen and oxygen atoms in total. The van der Waals surface area contributed by atoms with Gasteiger partial charge in [-0.2, -0.15) is 4.98 Å². The van der Waals surface area contributed by atoms with Crippen LogP contribution in [0.2, 0.25) is 0 Å². The average Bonchev–Trinajstić information content (AvgIpc) is 2.92. The molecule has 0 aliphatic rings. The van der Waals surface area contributed by atoms with Crippen LogP contribution in [0, 0.1) is 0 Å². The first-order valence-electron chi connectivity index (χ1n) is 10.8. The van der Waals surface area contributed by atoms with Crippen molar-refractivity contribution in [1.29, 1.82) is 0 Å². The molecule has 0 saturated carbocycles. The van der Waals surface area contributed by atoms with Crippen LogP contribution < -0.4 is 24.3 Å². The van der Waals surface area contributed by atoms with Gasteiger partial charge in [-0.3, -0.25) is 4.79 Å². The minimum Gasteiger partial charge on any atom is -0.497 e. The minimum absolute atomic E-state index is 0.212. The standard InChI is InChI=1S/C27H25N3O5/c1-32-21-12-13-22(33-2)20(16-21)17-29-27(31)19-10-8-18(9-11-19)26-28-15-14-25(30-26)35-24-7-5-4-6-23(24)34-3/h4-16H,17H2,1-3H3,(H,29,31). The van der Waals surface area contributed by atoms with Gasteiger partial charge in [-0.15, -0.1) is 0 Å². The van der Waals surface area contributed by atoms with E-state index in [2.05, 4.69) is 15.3 Å². The smallest absolute Gasteiger partial charge is 0.251 e. The second-order valence-electron chi connectivity index (χ2n) is 7.41. The van der Waals surface area contributed by atoms with E-state index < -0.39 is 0 Å². The van der Waals surface area contributed by atoms with Crippen molar-refractivity contribution in [3.63, 3.8) is 0 Å². The van der Waals surface area contributed by atoms with Crippen molar-refractivity contribution in [3.8, 4) is 40.3 Å². The summed E-state index contributed by atoms with van der Waals surface area (Å²) in [5, 5.41) is 2.91. The van der Waals surface area contributed by atoms with E-state index in [1.54, 1.807) is 76.1 Å². The molecule has 178 valence electrons. The maximum atomic E-state index is 12.7. The number of para-hydroxylation sites is 2. The highest BCUT2D eigenvalue weighted by molar-refractivity contribution is 5.94. The first-order valence-corrected chi connectivity index (χ1v) is 10.8. The van der Waals surface area contributed by atoms with Crippen molar-refractivity contribution in [2.45, 2.75) is 6.54 Å². The van der Waals surface area contributed by atoms with E-state index in [9.17, 15) is 4.79 Å². The summed E-state index contributed by atoms with van der Waals surface area (Å²) in [6.45, 7) is 0.298. The summed E-state index contributed by atoms with van der Waals surface area (Å²) in [6, 6.07) is 21.5. The molecule has 0 unspecified atom stereocenters. The van der Waals surface area contributed by atoms with E-state index in [0.717, 1.165) is 11.1 Å². The first-order chi connectivity index (χ1) is 17.1. The molecule has 1 amide bonds. The zero-order valence-electron chi connectivity index (χ0n) is 19.6. The molecular formula is C27H25N3O5. The lowest BCUT2D eigenvalue weighted by Gasteiger charge is -2.12. The molecule has 1 aromatic heterocycles. The number of carbonyl (C=O) groups excluding carboxylic acids is 1. The van der Waals surface area contributed by atoms with Crippen molar-refractivity contribution in [2.24, 2.45) is 0 Å². The summed E-state index contributed by atoms with van der Waals surface area (Å²) >= 11 is 0. The van der Waals surface area contributed by atoms with Gasteiger partial charge in [0.05, 0.1) is 21.3 Å². The van der Waals surface area contributed by atoms with Gasteiger partial charge in [0.15, 0.2) is 17.3 Å². The van der Waals surface area contributed by atoms with Crippen LogP contribution in [0.3, 0.4) is 0 Å². The second kappa shape index (κ2) is 11.0. The third-order valence-corrected chi connectivity index (χ3v) is 5.25. The highest BCUT2D eigenvalue weighted by atomic mass is 16.5. The molecular weight excluding hydrogens is 446 g/mol. The Morgan fingerprint density at radius 1 is 0.829 bits per heavy atom. The predicted molar refractivity (Wildman–Crippen MR) is 131 cm³/mol. The molecule has 0 atom stereocenters. The largest absolute Gasteiger partial charge is 0.497 e. The Balaban J connectivity index is 1.44. The van der Waals surface area contributed by atoms with E-state index in [0.29, 0.717) is 46.8 Å². The predicted octanol–water partition coefficient (Wildman–Crippen LogP) is 4.89. The number of aromatic nitrogens is 2. The number of hydrogen-bond donors (Lipinski definition) is 1. The molecule has 1 N–H and O–H groups in total. The number of ether oxygens (including phenoxy) is 4.